The van der Waals surface area contributed by atoms with Crippen LogP contribution in [0.1, 0.15) is 68.8 Å². The molecule has 0 N–H and O–H groups in total. The zero-order valence-electron chi connectivity index (χ0n) is 33.5. The van der Waals surface area contributed by atoms with Crippen molar-refractivity contribution in [3.05, 3.63) is 256 Å². The summed E-state index contributed by atoms with van der Waals surface area (Å²) in [6.45, 7) is 0. The Kier molecular flexibility index (Phi) is 6.62. The lowest BCUT2D eigenvalue weighted by molar-refractivity contribution is 0.425. The van der Waals surface area contributed by atoms with Crippen LogP contribution < -0.4 is 9.64 Å². The molecular weight excluding hydrogens is 739 g/mol. The van der Waals surface area contributed by atoms with Gasteiger partial charge in [0, 0.05) is 28.1 Å². The Bertz CT molecular complexity index is 3250. The zero-order chi connectivity index (χ0) is 39.9. The Balaban J connectivity index is 1.13. The molecule has 0 saturated heterocycles. The zero-order valence-corrected chi connectivity index (χ0v) is 33.5. The van der Waals surface area contributed by atoms with Gasteiger partial charge in [0.25, 0.3) is 0 Å². The topological polar surface area (TPSA) is 12.5 Å². The van der Waals surface area contributed by atoms with Gasteiger partial charge in [0.05, 0.1) is 16.8 Å². The van der Waals surface area contributed by atoms with Crippen LogP contribution in [-0.2, 0) is 10.8 Å². The van der Waals surface area contributed by atoms with E-state index in [-0.39, 0.29) is 5.41 Å². The van der Waals surface area contributed by atoms with Crippen LogP contribution in [-0.4, -0.2) is 0 Å². The smallest absolute Gasteiger partial charge is 0.132 e. The maximum absolute atomic E-state index is 6.76. The van der Waals surface area contributed by atoms with Gasteiger partial charge in [-0.15, -0.1) is 0 Å². The van der Waals surface area contributed by atoms with Gasteiger partial charge >= 0.3 is 0 Å². The molecule has 286 valence electrons. The molecule has 2 heteroatoms. The molecule has 2 atom stereocenters. The molecule has 61 heavy (non-hydrogen) atoms. The largest absolute Gasteiger partial charge is 0.457 e. The number of para-hydroxylation sites is 2. The summed E-state index contributed by atoms with van der Waals surface area (Å²) in [5.41, 5.74) is 22.8. The van der Waals surface area contributed by atoms with Crippen LogP contribution in [0.5, 0.6) is 11.5 Å². The molecule has 2 bridgehead atoms. The number of benzene rings is 9. The highest BCUT2D eigenvalue weighted by atomic mass is 16.5. The van der Waals surface area contributed by atoms with Gasteiger partial charge in [-0.05, 0) is 128 Å². The lowest BCUT2D eigenvalue weighted by atomic mass is 9.50. The molecule has 2 unspecified atom stereocenters. The number of fused-ring (bicyclic) bond motifs is 11. The maximum atomic E-state index is 6.76. The summed E-state index contributed by atoms with van der Waals surface area (Å²) in [4.78, 5) is 2.61. The van der Waals surface area contributed by atoms with Crippen LogP contribution in [0.3, 0.4) is 0 Å². The second kappa shape index (κ2) is 12.1. The average Bonchev–Trinajstić information content (AvgIpc) is 3.61. The van der Waals surface area contributed by atoms with Gasteiger partial charge in [0.15, 0.2) is 0 Å². The first-order valence-corrected chi connectivity index (χ1v) is 21.7. The summed E-state index contributed by atoms with van der Waals surface area (Å²) in [5, 5.41) is 0. The Labute approximate surface area is 356 Å². The Morgan fingerprint density at radius 2 is 1.03 bits per heavy atom. The van der Waals surface area contributed by atoms with Crippen molar-refractivity contribution in [2.75, 3.05) is 4.90 Å². The minimum atomic E-state index is -0.572. The summed E-state index contributed by atoms with van der Waals surface area (Å²) >= 11 is 0. The molecule has 9 aromatic carbocycles. The lowest BCUT2D eigenvalue weighted by Crippen LogP contribution is -2.45. The average molecular weight is 778 g/mol. The van der Waals surface area contributed by atoms with Crippen molar-refractivity contribution in [2.24, 2.45) is 0 Å². The molecule has 6 aliphatic rings. The summed E-state index contributed by atoms with van der Waals surface area (Å²) in [5.74, 6) is 2.15. The molecule has 0 amide bonds. The number of hydrogen-bond acceptors (Lipinski definition) is 2. The number of ether oxygens (including phenoxy) is 1. The van der Waals surface area contributed by atoms with Gasteiger partial charge in [-0.1, -0.05) is 164 Å². The highest BCUT2D eigenvalue weighted by Crippen LogP contribution is 2.70. The highest BCUT2D eigenvalue weighted by Gasteiger charge is 2.57. The first-order valence-electron chi connectivity index (χ1n) is 21.7. The fourth-order valence-electron chi connectivity index (χ4n) is 12.5. The van der Waals surface area contributed by atoms with Crippen molar-refractivity contribution in [1.82, 2.24) is 0 Å². The minimum absolute atomic E-state index is 0.320. The SMILES string of the molecule is c1ccc(-c2ccc(N3c4cc5c(cc4C46CCC(c7ccccc74)c4c(-c7ccccc7)ccc3c46)-c3ccccc3C53c4ccccc4Oc4ccccc43)cc2)cc1. The molecule has 15 rings (SSSR count). The second-order valence-corrected chi connectivity index (χ2v) is 17.4. The van der Waals surface area contributed by atoms with E-state index in [1.807, 2.05) is 0 Å². The number of anilines is 3. The molecular formula is C59H39NO. The van der Waals surface area contributed by atoms with Crippen molar-refractivity contribution in [3.63, 3.8) is 0 Å². The Hall–Kier alpha value is -7.42. The first-order chi connectivity index (χ1) is 30.2. The van der Waals surface area contributed by atoms with Crippen molar-refractivity contribution in [2.45, 2.75) is 29.6 Å². The van der Waals surface area contributed by atoms with Crippen LogP contribution in [0.15, 0.2) is 206 Å². The quantitative estimate of drug-likeness (QED) is 0.177. The lowest BCUT2D eigenvalue weighted by Gasteiger charge is -2.56. The van der Waals surface area contributed by atoms with Crippen LogP contribution in [0.25, 0.3) is 33.4 Å². The van der Waals surface area contributed by atoms with Gasteiger partial charge in [-0.25, -0.2) is 0 Å². The van der Waals surface area contributed by atoms with Gasteiger partial charge < -0.3 is 9.64 Å². The third-order valence-corrected chi connectivity index (χ3v) is 14.8. The van der Waals surface area contributed by atoms with E-state index in [9.17, 15) is 0 Å². The van der Waals surface area contributed by atoms with Gasteiger partial charge in [0.2, 0.25) is 0 Å². The molecule has 2 nitrogen and oxygen atoms in total. The van der Waals surface area contributed by atoms with Crippen LogP contribution in [0, 0.1) is 0 Å². The van der Waals surface area contributed by atoms with E-state index < -0.39 is 5.41 Å². The third-order valence-electron chi connectivity index (χ3n) is 14.8. The van der Waals surface area contributed by atoms with Crippen molar-refractivity contribution in [1.29, 1.82) is 0 Å². The number of rotatable bonds is 3. The Morgan fingerprint density at radius 1 is 0.426 bits per heavy atom. The summed E-state index contributed by atoms with van der Waals surface area (Å²) < 4.78 is 6.76. The molecule has 0 saturated carbocycles. The fraction of sp³-hybridized carbons (Fsp3) is 0.0847. The number of nitrogens with zero attached hydrogens (tertiary/aromatic N) is 1. The van der Waals surface area contributed by atoms with E-state index in [4.69, 9.17) is 4.74 Å². The van der Waals surface area contributed by atoms with Crippen molar-refractivity contribution >= 4 is 17.1 Å². The van der Waals surface area contributed by atoms with E-state index in [2.05, 4.69) is 211 Å². The van der Waals surface area contributed by atoms with Crippen LogP contribution >= 0.6 is 0 Å². The fourth-order valence-corrected chi connectivity index (χ4v) is 12.5. The Morgan fingerprint density at radius 3 is 1.77 bits per heavy atom. The van der Waals surface area contributed by atoms with E-state index in [1.54, 1.807) is 0 Å². The molecule has 2 aliphatic heterocycles. The first kappa shape index (κ1) is 33.4. The highest BCUT2D eigenvalue weighted by molar-refractivity contribution is 5.98. The van der Waals surface area contributed by atoms with E-state index in [0.717, 1.165) is 30.0 Å². The van der Waals surface area contributed by atoms with Gasteiger partial charge in [-0.2, -0.15) is 0 Å². The van der Waals surface area contributed by atoms with Crippen molar-refractivity contribution in [3.8, 4) is 44.9 Å². The second-order valence-electron chi connectivity index (χ2n) is 17.4. The predicted octanol–water partition coefficient (Wildman–Crippen LogP) is 14.8. The molecule has 0 radical (unpaired) electrons. The van der Waals surface area contributed by atoms with Gasteiger partial charge in [0.1, 0.15) is 11.5 Å². The predicted molar refractivity (Wildman–Crippen MR) is 247 cm³/mol. The summed E-state index contributed by atoms with van der Waals surface area (Å²) in [7, 11) is 0. The molecule has 0 aromatic heterocycles. The summed E-state index contributed by atoms with van der Waals surface area (Å²) in [6.07, 6.45) is 2.17. The third kappa shape index (κ3) is 4.17. The molecule has 2 spiro atoms. The van der Waals surface area contributed by atoms with Gasteiger partial charge in [-0.3, -0.25) is 0 Å². The van der Waals surface area contributed by atoms with E-state index in [1.165, 1.54) is 94.8 Å². The van der Waals surface area contributed by atoms with Crippen molar-refractivity contribution < 1.29 is 4.74 Å². The molecule has 0 fully saturated rings. The molecule has 9 aromatic rings. The standard InChI is InChI=1S/C59H39NO/c1-3-15-37(16-4-1)38-27-29-40(30-28-38)60-52-32-31-41(39-17-5-2-6-18-39)56-44-33-34-58(57(52)56,46-21-9-7-19-42(44)46)51-35-45-43-20-8-10-22-47(43)59(50(45)36-53(51)60)48-23-11-13-25-54(48)61-55-26-14-12-24-49(55)59/h1-32,35-36,44H,33-34H2. The molecule has 4 aliphatic carbocycles. The summed E-state index contributed by atoms with van der Waals surface area (Å²) in [6, 6.07) is 77.2. The van der Waals surface area contributed by atoms with Crippen LogP contribution in [0.4, 0.5) is 17.1 Å². The van der Waals surface area contributed by atoms with Crippen LogP contribution in [0.2, 0.25) is 0 Å². The van der Waals surface area contributed by atoms with E-state index in [0.29, 0.717) is 5.92 Å². The molecule has 2 heterocycles. The normalized spacial score (nSPS) is 18.5. The van der Waals surface area contributed by atoms with E-state index >= 15 is 0 Å². The monoisotopic (exact) mass is 777 g/mol. The minimum Gasteiger partial charge on any atom is -0.457 e. The maximum Gasteiger partial charge on any atom is 0.132 e. The number of hydrogen-bond donors (Lipinski definition) is 0.